The largest absolute Gasteiger partial charge is 0.480 e. The van der Waals surface area contributed by atoms with Crippen molar-refractivity contribution in [1.29, 1.82) is 0 Å². The summed E-state index contributed by atoms with van der Waals surface area (Å²) in [6.45, 7) is 3.77. The second-order valence-corrected chi connectivity index (χ2v) is 9.66. The zero-order valence-electron chi connectivity index (χ0n) is 16.7. The molecule has 8 heteroatoms. The topological polar surface area (TPSA) is 96.3 Å². The van der Waals surface area contributed by atoms with Crippen LogP contribution in [-0.4, -0.2) is 45.6 Å². The summed E-state index contributed by atoms with van der Waals surface area (Å²) in [7, 11) is 0. The van der Waals surface area contributed by atoms with Gasteiger partial charge >= 0.3 is 5.97 Å². The van der Waals surface area contributed by atoms with E-state index >= 15 is 0 Å². The Morgan fingerprint density at radius 1 is 1.17 bits per heavy atom. The summed E-state index contributed by atoms with van der Waals surface area (Å²) < 4.78 is 0. The van der Waals surface area contributed by atoms with Crippen LogP contribution in [0.3, 0.4) is 0 Å². The van der Waals surface area contributed by atoms with Crippen LogP contribution in [-0.2, 0) is 19.2 Å². The Morgan fingerprint density at radius 2 is 1.80 bits per heavy atom. The van der Waals surface area contributed by atoms with Gasteiger partial charge in [-0.3, -0.25) is 14.5 Å². The van der Waals surface area contributed by atoms with Gasteiger partial charge in [-0.15, -0.1) is 0 Å². The molecule has 2 aliphatic carbocycles. The van der Waals surface area contributed by atoms with Crippen molar-refractivity contribution in [3.63, 3.8) is 0 Å². The molecule has 2 bridgehead atoms. The van der Waals surface area contributed by atoms with Crippen LogP contribution in [0.15, 0.2) is 29.4 Å². The molecular formula is C22H23ClN2O5. The van der Waals surface area contributed by atoms with Crippen molar-refractivity contribution in [2.45, 2.75) is 38.8 Å². The number of hydrogen-bond donors (Lipinski definition) is 1. The summed E-state index contributed by atoms with van der Waals surface area (Å²) in [4.78, 5) is 45.2. The summed E-state index contributed by atoms with van der Waals surface area (Å²) in [5.74, 6) is -3.02. The molecule has 1 N–H and O–H groups in total. The van der Waals surface area contributed by atoms with E-state index in [0.29, 0.717) is 5.02 Å². The van der Waals surface area contributed by atoms with Crippen molar-refractivity contribution >= 4 is 35.1 Å². The summed E-state index contributed by atoms with van der Waals surface area (Å²) in [6.07, 6.45) is 0.736. The van der Waals surface area contributed by atoms with E-state index in [0.717, 1.165) is 22.6 Å². The van der Waals surface area contributed by atoms with Gasteiger partial charge in [0.05, 0.1) is 17.5 Å². The number of likely N-dealkylation sites (tertiary alicyclic amines) is 1. The lowest BCUT2D eigenvalue weighted by Gasteiger charge is -2.29. The zero-order chi connectivity index (χ0) is 21.3. The molecule has 30 heavy (non-hydrogen) atoms. The third-order valence-electron chi connectivity index (χ3n) is 7.16. The first-order valence-electron chi connectivity index (χ1n) is 10.4. The minimum absolute atomic E-state index is 0.0511. The third kappa shape index (κ3) is 2.64. The van der Waals surface area contributed by atoms with Gasteiger partial charge in [0.25, 0.3) is 0 Å². The Morgan fingerprint density at radius 3 is 2.40 bits per heavy atom. The van der Waals surface area contributed by atoms with Crippen molar-refractivity contribution < 1.29 is 24.3 Å². The van der Waals surface area contributed by atoms with Gasteiger partial charge in [-0.2, -0.15) is 0 Å². The van der Waals surface area contributed by atoms with E-state index in [1.807, 2.05) is 26.0 Å². The second kappa shape index (κ2) is 6.80. The van der Waals surface area contributed by atoms with Crippen LogP contribution in [0.25, 0.3) is 0 Å². The fraction of sp³-hybridized carbons (Fsp3) is 0.545. The summed E-state index contributed by atoms with van der Waals surface area (Å²) >= 11 is 6.00. The Labute approximate surface area is 179 Å². The predicted octanol–water partition coefficient (Wildman–Crippen LogP) is 2.81. The van der Waals surface area contributed by atoms with E-state index in [-0.39, 0.29) is 48.0 Å². The predicted molar refractivity (Wildman–Crippen MR) is 108 cm³/mol. The number of carboxylic acid groups (broad SMARTS) is 1. The maximum atomic E-state index is 13.3. The van der Waals surface area contributed by atoms with E-state index < -0.39 is 23.8 Å². The molecule has 1 unspecified atom stereocenters. The zero-order valence-corrected chi connectivity index (χ0v) is 17.5. The molecular weight excluding hydrogens is 408 g/mol. The van der Waals surface area contributed by atoms with Crippen molar-refractivity contribution in [2.24, 2.45) is 40.7 Å². The molecule has 2 amide bonds. The molecule has 4 aliphatic rings. The summed E-state index contributed by atoms with van der Waals surface area (Å²) in [6, 6.07) is 6.23. The number of carboxylic acids is 1. The number of rotatable bonds is 5. The lowest BCUT2D eigenvalue weighted by atomic mass is 9.71. The van der Waals surface area contributed by atoms with Gasteiger partial charge in [-0.25, -0.2) is 4.79 Å². The molecule has 2 aliphatic heterocycles. The highest BCUT2D eigenvalue weighted by atomic mass is 35.5. The average Bonchev–Trinajstić information content (AvgIpc) is 3.41. The normalized spacial score (nSPS) is 34.8. The smallest absolute Gasteiger partial charge is 0.326 e. The van der Waals surface area contributed by atoms with Gasteiger partial charge in [-0.1, -0.05) is 42.7 Å². The molecule has 0 aromatic heterocycles. The van der Waals surface area contributed by atoms with Gasteiger partial charge in [0.1, 0.15) is 12.1 Å². The van der Waals surface area contributed by atoms with E-state index in [4.69, 9.17) is 16.4 Å². The molecule has 158 valence electrons. The first-order chi connectivity index (χ1) is 14.3. The van der Waals surface area contributed by atoms with Crippen molar-refractivity contribution in [1.82, 2.24) is 4.90 Å². The lowest BCUT2D eigenvalue weighted by molar-refractivity contribution is -0.156. The van der Waals surface area contributed by atoms with Crippen LogP contribution >= 0.6 is 11.6 Å². The molecule has 2 saturated carbocycles. The SMILES string of the molecule is CC(C)CC(C(=O)O)N1C(=O)[C@@H]2[C@@H]3C[C@@H]([C@H]4C(c5ccc(Cl)cc5)=NO[C@@H]34)[C@@H]2C1=O. The number of aliphatic carboxylic acids is 1. The second-order valence-electron chi connectivity index (χ2n) is 9.22. The average molecular weight is 431 g/mol. The van der Waals surface area contributed by atoms with Crippen molar-refractivity contribution in [3.05, 3.63) is 34.9 Å². The summed E-state index contributed by atoms with van der Waals surface area (Å²) in [5, 5.41) is 14.6. The fourth-order valence-corrected chi connectivity index (χ4v) is 6.20. The molecule has 0 spiro atoms. The first-order valence-corrected chi connectivity index (χ1v) is 10.8. The first kappa shape index (κ1) is 19.5. The lowest BCUT2D eigenvalue weighted by Crippen LogP contribution is -2.47. The Balaban J connectivity index is 1.46. The number of imide groups is 1. The van der Waals surface area contributed by atoms with Crippen LogP contribution in [0.1, 0.15) is 32.3 Å². The Hall–Kier alpha value is -2.41. The summed E-state index contributed by atoms with van der Waals surface area (Å²) in [5.41, 5.74) is 1.69. The molecule has 3 fully saturated rings. The number of amides is 2. The third-order valence-corrected chi connectivity index (χ3v) is 7.41. The molecule has 1 aromatic carbocycles. The number of benzene rings is 1. The van der Waals surface area contributed by atoms with Crippen LogP contribution in [0, 0.1) is 35.5 Å². The molecule has 7 atom stereocenters. The van der Waals surface area contributed by atoms with Gasteiger partial charge in [0.15, 0.2) is 0 Å². The number of carbonyl (C=O) groups excluding carboxylic acids is 2. The number of carbonyl (C=O) groups is 3. The highest BCUT2D eigenvalue weighted by Gasteiger charge is 2.71. The molecule has 2 heterocycles. The standard InChI is InChI=1S/C22H23ClN2O5/c1-9(2)7-14(22(28)29)25-20(26)15-12-8-13(16(15)21(25)27)19-17(12)18(24-30-19)10-3-5-11(23)6-4-10/h3-6,9,12-17,19H,7-8H2,1-2H3,(H,28,29)/t12-,13+,14?,15+,16-,17+,19+/m1/s1. The molecule has 1 saturated heterocycles. The van der Waals surface area contributed by atoms with Crippen LogP contribution in [0.4, 0.5) is 0 Å². The Kier molecular flexibility index (Phi) is 4.43. The van der Waals surface area contributed by atoms with Crippen LogP contribution < -0.4 is 0 Å². The highest BCUT2D eigenvalue weighted by molar-refractivity contribution is 6.30. The fourth-order valence-electron chi connectivity index (χ4n) is 6.08. The Bertz CT molecular complexity index is 959. The van der Waals surface area contributed by atoms with E-state index in [9.17, 15) is 19.5 Å². The quantitative estimate of drug-likeness (QED) is 0.724. The molecule has 0 radical (unpaired) electrons. The maximum absolute atomic E-state index is 13.3. The molecule has 5 rings (SSSR count). The van der Waals surface area contributed by atoms with Crippen LogP contribution in [0.2, 0.25) is 5.02 Å². The van der Waals surface area contributed by atoms with E-state index in [2.05, 4.69) is 5.16 Å². The van der Waals surface area contributed by atoms with Crippen LogP contribution in [0.5, 0.6) is 0 Å². The minimum Gasteiger partial charge on any atom is -0.480 e. The number of fused-ring (bicyclic) bond motifs is 8. The highest BCUT2D eigenvalue weighted by Crippen LogP contribution is 2.62. The van der Waals surface area contributed by atoms with Crippen molar-refractivity contribution in [3.8, 4) is 0 Å². The number of halogens is 1. The van der Waals surface area contributed by atoms with Gasteiger partial charge in [0.2, 0.25) is 11.8 Å². The number of hydrogen-bond acceptors (Lipinski definition) is 5. The number of oxime groups is 1. The molecule has 7 nitrogen and oxygen atoms in total. The van der Waals surface area contributed by atoms with Gasteiger partial charge in [0, 0.05) is 16.9 Å². The van der Waals surface area contributed by atoms with Gasteiger partial charge in [-0.05, 0) is 42.4 Å². The monoisotopic (exact) mass is 430 g/mol. The van der Waals surface area contributed by atoms with E-state index in [1.54, 1.807) is 12.1 Å². The number of nitrogens with zero attached hydrogens (tertiary/aromatic N) is 2. The van der Waals surface area contributed by atoms with Gasteiger partial charge < -0.3 is 9.94 Å². The van der Waals surface area contributed by atoms with Crippen molar-refractivity contribution in [2.75, 3.05) is 0 Å². The molecule has 1 aromatic rings. The minimum atomic E-state index is -1.13. The maximum Gasteiger partial charge on any atom is 0.326 e. The van der Waals surface area contributed by atoms with E-state index in [1.165, 1.54) is 0 Å².